The molecule has 0 aliphatic carbocycles. The van der Waals surface area contributed by atoms with Crippen LogP contribution in [0, 0.1) is 18.3 Å². The van der Waals surface area contributed by atoms with Crippen LogP contribution >= 0.6 is 0 Å². The minimum Gasteiger partial charge on any atom is -0.353 e. The van der Waals surface area contributed by atoms with Crippen molar-refractivity contribution in [3.8, 4) is 6.07 Å². The highest BCUT2D eigenvalue weighted by Crippen LogP contribution is 2.28. The molecule has 0 bridgehead atoms. The minimum atomic E-state index is -3.73. The molecule has 0 radical (unpaired) electrons. The van der Waals surface area contributed by atoms with Crippen molar-refractivity contribution in [1.82, 2.24) is 18.9 Å². The third-order valence-corrected chi connectivity index (χ3v) is 7.53. The number of piperazine rings is 1. The first-order chi connectivity index (χ1) is 15.0. The van der Waals surface area contributed by atoms with Crippen molar-refractivity contribution in [1.29, 1.82) is 5.26 Å². The maximum atomic E-state index is 13.1. The van der Waals surface area contributed by atoms with Crippen LogP contribution in [0.4, 0.5) is 5.82 Å². The number of anilines is 1. The van der Waals surface area contributed by atoms with Crippen molar-refractivity contribution in [2.45, 2.75) is 11.8 Å². The number of para-hydroxylation sites is 1. The lowest BCUT2D eigenvalue weighted by Gasteiger charge is -2.35. The molecule has 1 aliphatic rings. The minimum absolute atomic E-state index is 0.0608. The Hall–Kier alpha value is -3.48. The molecule has 0 amide bonds. The molecule has 8 nitrogen and oxygen atoms in total. The molecule has 0 N–H and O–H groups in total. The fourth-order valence-electron chi connectivity index (χ4n) is 4.06. The van der Waals surface area contributed by atoms with E-state index in [0.29, 0.717) is 26.2 Å². The Morgan fingerprint density at radius 3 is 2.48 bits per heavy atom. The first kappa shape index (κ1) is 19.5. The second-order valence-corrected chi connectivity index (χ2v) is 9.41. The summed E-state index contributed by atoms with van der Waals surface area (Å²) >= 11 is 0. The van der Waals surface area contributed by atoms with Gasteiger partial charge in [-0.15, -0.1) is 0 Å². The van der Waals surface area contributed by atoms with Crippen LogP contribution in [-0.4, -0.2) is 53.5 Å². The lowest BCUT2D eigenvalue weighted by molar-refractivity contribution is 0.384. The second-order valence-electron chi connectivity index (χ2n) is 7.51. The van der Waals surface area contributed by atoms with E-state index in [-0.39, 0.29) is 10.5 Å². The van der Waals surface area contributed by atoms with E-state index < -0.39 is 10.0 Å². The summed E-state index contributed by atoms with van der Waals surface area (Å²) in [5.74, 6) is 0.831. The molecule has 0 atom stereocenters. The van der Waals surface area contributed by atoms with Crippen LogP contribution in [0.25, 0.3) is 16.6 Å². The molecule has 5 rings (SSSR count). The lowest BCUT2D eigenvalue weighted by atomic mass is 10.2. The number of hydrogen-bond acceptors (Lipinski definition) is 6. The van der Waals surface area contributed by atoms with Crippen LogP contribution in [0.1, 0.15) is 11.3 Å². The van der Waals surface area contributed by atoms with Gasteiger partial charge in [-0.05, 0) is 31.2 Å². The Balaban J connectivity index is 1.47. The average molecular weight is 433 g/mol. The maximum absolute atomic E-state index is 13.1. The molecule has 1 saturated heterocycles. The van der Waals surface area contributed by atoms with Gasteiger partial charge in [0.1, 0.15) is 11.9 Å². The van der Waals surface area contributed by atoms with Crippen molar-refractivity contribution in [2.75, 3.05) is 31.1 Å². The molecule has 1 aliphatic heterocycles. The van der Waals surface area contributed by atoms with Crippen LogP contribution in [0.15, 0.2) is 59.5 Å². The highest BCUT2D eigenvalue weighted by Gasteiger charge is 2.31. The molecule has 2 aromatic carbocycles. The van der Waals surface area contributed by atoms with E-state index in [0.717, 1.165) is 28.1 Å². The van der Waals surface area contributed by atoms with Gasteiger partial charge in [-0.1, -0.05) is 24.3 Å². The van der Waals surface area contributed by atoms with Crippen molar-refractivity contribution >= 4 is 32.4 Å². The number of hydrogen-bond donors (Lipinski definition) is 0. The molecule has 1 fully saturated rings. The molecule has 156 valence electrons. The van der Waals surface area contributed by atoms with Gasteiger partial charge in [0.25, 0.3) is 0 Å². The summed E-state index contributed by atoms with van der Waals surface area (Å²) in [4.78, 5) is 7.01. The Labute approximate surface area is 180 Å². The maximum Gasteiger partial charge on any atom is 0.244 e. The molecule has 3 heterocycles. The first-order valence-corrected chi connectivity index (χ1v) is 11.4. The Bertz CT molecular complexity index is 1450. The number of fused-ring (bicyclic) bond motifs is 3. The Kier molecular flexibility index (Phi) is 4.61. The summed E-state index contributed by atoms with van der Waals surface area (Å²) in [6, 6.07) is 18.2. The number of sulfonamides is 1. The van der Waals surface area contributed by atoms with E-state index in [2.05, 4.69) is 10.00 Å². The third kappa shape index (κ3) is 3.21. The summed E-state index contributed by atoms with van der Waals surface area (Å²) in [6.07, 6.45) is 0. The second kappa shape index (κ2) is 7.34. The monoisotopic (exact) mass is 432 g/mol. The molecule has 0 saturated carbocycles. The largest absolute Gasteiger partial charge is 0.353 e. The number of rotatable bonds is 3. The molecule has 9 heteroatoms. The topological polar surface area (TPSA) is 94.6 Å². The Morgan fingerprint density at radius 1 is 1.00 bits per heavy atom. The zero-order chi connectivity index (χ0) is 21.6. The fraction of sp³-hybridized carbons (Fsp3) is 0.227. The number of aromatic nitrogens is 3. The van der Waals surface area contributed by atoms with Crippen LogP contribution < -0.4 is 4.90 Å². The van der Waals surface area contributed by atoms with Gasteiger partial charge in [-0.2, -0.15) is 14.7 Å². The molecular formula is C22H20N6O2S. The highest BCUT2D eigenvalue weighted by atomic mass is 32.2. The quantitative estimate of drug-likeness (QED) is 0.494. The summed E-state index contributed by atoms with van der Waals surface area (Å²) in [7, 11) is -3.73. The van der Waals surface area contributed by atoms with Gasteiger partial charge in [-0.25, -0.2) is 17.9 Å². The first-order valence-electron chi connectivity index (χ1n) is 9.98. The van der Waals surface area contributed by atoms with Crippen LogP contribution in [0.3, 0.4) is 0 Å². The van der Waals surface area contributed by atoms with E-state index in [1.165, 1.54) is 16.4 Å². The standard InChI is InChI=1S/C22H20N6O2S/c1-16-14-21-24-22(18-7-3-4-8-19(18)28(21)25-16)26-10-12-27(13-11-26)31(29,30)20-9-5-2-6-17(20)15-23/h2-9,14H,10-13H2,1H3. The van der Waals surface area contributed by atoms with Crippen molar-refractivity contribution in [3.63, 3.8) is 0 Å². The summed E-state index contributed by atoms with van der Waals surface area (Å²) < 4.78 is 29.5. The van der Waals surface area contributed by atoms with Gasteiger partial charge < -0.3 is 4.90 Å². The van der Waals surface area contributed by atoms with Crippen LogP contribution in [0.2, 0.25) is 0 Å². The third-order valence-electron chi connectivity index (χ3n) is 5.57. The van der Waals surface area contributed by atoms with Crippen LogP contribution in [-0.2, 0) is 10.0 Å². The normalized spacial score (nSPS) is 15.4. The van der Waals surface area contributed by atoms with E-state index in [9.17, 15) is 13.7 Å². The fourth-order valence-corrected chi connectivity index (χ4v) is 5.63. The highest BCUT2D eigenvalue weighted by molar-refractivity contribution is 7.89. The predicted octanol–water partition coefficient (Wildman–Crippen LogP) is 2.57. The molecule has 31 heavy (non-hydrogen) atoms. The molecule has 0 spiro atoms. The van der Waals surface area contributed by atoms with Crippen molar-refractivity contribution in [2.24, 2.45) is 0 Å². The van der Waals surface area contributed by atoms with Crippen LogP contribution in [0.5, 0.6) is 0 Å². The van der Waals surface area contributed by atoms with Gasteiger partial charge >= 0.3 is 0 Å². The average Bonchev–Trinajstić information content (AvgIpc) is 3.19. The lowest BCUT2D eigenvalue weighted by Crippen LogP contribution is -2.49. The summed E-state index contributed by atoms with van der Waals surface area (Å²) in [6.45, 7) is 3.59. The van der Waals surface area contributed by atoms with E-state index >= 15 is 0 Å². The number of aryl methyl sites for hydroxylation is 1. The molecule has 0 unspecified atom stereocenters. The summed E-state index contributed by atoms with van der Waals surface area (Å²) in [5, 5.41) is 14.8. The van der Waals surface area contributed by atoms with Gasteiger partial charge in [0.15, 0.2) is 5.65 Å². The molecular weight excluding hydrogens is 412 g/mol. The van der Waals surface area contributed by atoms with Gasteiger partial charge in [0, 0.05) is 37.6 Å². The zero-order valence-electron chi connectivity index (χ0n) is 16.9. The number of benzene rings is 2. The predicted molar refractivity (Wildman–Crippen MR) is 117 cm³/mol. The number of nitriles is 1. The van der Waals surface area contributed by atoms with Gasteiger partial charge in [-0.3, -0.25) is 0 Å². The smallest absolute Gasteiger partial charge is 0.244 e. The molecule has 4 aromatic rings. The van der Waals surface area contributed by atoms with Crippen molar-refractivity contribution in [3.05, 3.63) is 65.9 Å². The van der Waals surface area contributed by atoms with Gasteiger partial charge in [0.05, 0.1) is 21.7 Å². The zero-order valence-corrected chi connectivity index (χ0v) is 17.7. The van der Waals surface area contributed by atoms with E-state index in [4.69, 9.17) is 4.98 Å². The van der Waals surface area contributed by atoms with E-state index in [1.807, 2.05) is 47.8 Å². The Morgan fingerprint density at radius 2 is 1.71 bits per heavy atom. The SMILES string of the molecule is Cc1cc2nc(N3CCN(S(=O)(=O)c4ccccc4C#N)CC3)c3ccccc3n2n1. The van der Waals surface area contributed by atoms with Crippen molar-refractivity contribution < 1.29 is 8.42 Å². The van der Waals surface area contributed by atoms with Gasteiger partial charge in [0.2, 0.25) is 10.0 Å². The van der Waals surface area contributed by atoms with E-state index in [1.54, 1.807) is 12.1 Å². The number of nitrogens with zero attached hydrogens (tertiary/aromatic N) is 6. The summed E-state index contributed by atoms with van der Waals surface area (Å²) in [5.41, 5.74) is 2.79. The molecule has 2 aromatic heterocycles.